The molecule has 0 aromatic carbocycles. The zero-order valence-electron chi connectivity index (χ0n) is 23.4. The Morgan fingerprint density at radius 2 is 2.00 bits per heavy atom. The zero-order chi connectivity index (χ0) is 30.1. The predicted molar refractivity (Wildman–Crippen MR) is 144 cm³/mol. The monoisotopic (exact) mass is 578 g/mol. The molecular weight excluding hydrogens is 540 g/mol. The third kappa shape index (κ3) is 8.83. The van der Waals surface area contributed by atoms with Crippen LogP contribution in [0.1, 0.15) is 50.0 Å². The molecule has 1 saturated heterocycles. The second kappa shape index (κ2) is 14.7. The van der Waals surface area contributed by atoms with Crippen LogP contribution in [0.3, 0.4) is 0 Å². The van der Waals surface area contributed by atoms with Crippen molar-refractivity contribution < 1.29 is 44.0 Å². The fourth-order valence-corrected chi connectivity index (χ4v) is 4.44. The van der Waals surface area contributed by atoms with Gasteiger partial charge >= 0.3 is 18.0 Å². The first-order valence-corrected chi connectivity index (χ1v) is 13.5. The first-order chi connectivity index (χ1) is 19.5. The Kier molecular flexibility index (Phi) is 11.4. The molecule has 0 unspecified atom stereocenters. The number of hydrogen-bond donors (Lipinski definition) is 5. The number of aryl methyl sites for hydroxylation is 2. The lowest BCUT2D eigenvalue weighted by Crippen LogP contribution is -2.50. The van der Waals surface area contributed by atoms with Gasteiger partial charge in [-0.05, 0) is 45.2 Å². The van der Waals surface area contributed by atoms with Crippen molar-refractivity contribution in [1.29, 1.82) is 0 Å². The molecule has 4 rings (SSSR count). The number of hydrogen-bond acceptors (Lipinski definition) is 10. The number of morpholine rings is 1. The Labute approximate surface area is 236 Å². The number of carbonyl (C=O) groups excluding carboxylic acids is 2. The lowest BCUT2D eigenvalue weighted by atomic mass is 10.1. The number of carbonyl (C=O) groups is 4. The molecule has 0 bridgehead atoms. The number of nitrogens with one attached hydrogen (secondary N) is 2. The Morgan fingerprint density at radius 3 is 2.56 bits per heavy atom. The summed E-state index contributed by atoms with van der Waals surface area (Å²) in [6, 6.07) is 4.04. The molecule has 0 spiro atoms. The first kappa shape index (κ1) is 31.7. The van der Waals surface area contributed by atoms with Gasteiger partial charge in [0.25, 0.3) is 5.91 Å². The van der Waals surface area contributed by atoms with Gasteiger partial charge in [-0.3, -0.25) is 9.59 Å². The third-order valence-corrected chi connectivity index (χ3v) is 6.63. The van der Waals surface area contributed by atoms with Gasteiger partial charge in [0.1, 0.15) is 6.10 Å². The van der Waals surface area contributed by atoms with Crippen LogP contribution < -0.4 is 10.6 Å². The van der Waals surface area contributed by atoms with Crippen LogP contribution in [0.2, 0.25) is 0 Å². The smallest absolute Gasteiger partial charge is 0.406 e. The highest BCUT2D eigenvalue weighted by Gasteiger charge is 2.41. The second-order valence-corrected chi connectivity index (χ2v) is 9.87. The highest BCUT2D eigenvalue weighted by Crippen LogP contribution is 2.37. The first-order valence-electron chi connectivity index (χ1n) is 13.5. The topological polar surface area (TPSA) is 205 Å². The van der Waals surface area contributed by atoms with Gasteiger partial charge in [-0.2, -0.15) is 5.10 Å². The number of ether oxygens (including phenoxy) is 2. The normalized spacial score (nSPS) is 18.0. The van der Waals surface area contributed by atoms with Gasteiger partial charge in [-0.1, -0.05) is 0 Å². The van der Waals surface area contributed by atoms with Crippen LogP contribution in [0.25, 0.3) is 11.0 Å². The van der Waals surface area contributed by atoms with Gasteiger partial charge in [0, 0.05) is 43.3 Å². The van der Waals surface area contributed by atoms with E-state index in [1.807, 2.05) is 35.6 Å². The largest absolute Gasteiger partial charge is 0.481 e. The van der Waals surface area contributed by atoms with E-state index in [0.29, 0.717) is 32.7 Å². The second-order valence-electron chi connectivity index (χ2n) is 9.87. The molecule has 3 heterocycles. The van der Waals surface area contributed by atoms with E-state index in [9.17, 15) is 19.2 Å². The number of rotatable bonds is 11. The number of alkyl carbamates (subject to hydrolysis) is 1. The van der Waals surface area contributed by atoms with Crippen molar-refractivity contribution in [1.82, 2.24) is 30.3 Å². The summed E-state index contributed by atoms with van der Waals surface area (Å²) in [7, 11) is 1.35. The molecule has 2 fully saturated rings. The van der Waals surface area contributed by atoms with Gasteiger partial charge in [-0.15, -0.1) is 0 Å². The van der Waals surface area contributed by atoms with Gasteiger partial charge in [0.2, 0.25) is 0 Å². The minimum absolute atomic E-state index is 0.0252. The molecule has 2 aromatic rings. The Bertz CT molecular complexity index is 1230. The van der Waals surface area contributed by atoms with Gasteiger partial charge in [0.15, 0.2) is 11.8 Å². The number of aliphatic hydroxyl groups excluding tert-OH is 1. The summed E-state index contributed by atoms with van der Waals surface area (Å²) in [6.45, 7) is 6.92. The summed E-state index contributed by atoms with van der Waals surface area (Å²) in [4.78, 5) is 50.7. The molecule has 2 aliphatic rings. The minimum atomic E-state index is -1.79. The van der Waals surface area contributed by atoms with E-state index >= 15 is 0 Å². The number of aliphatic hydroxyl groups is 1. The molecule has 15 nitrogen and oxygen atoms in total. The minimum Gasteiger partial charge on any atom is -0.481 e. The summed E-state index contributed by atoms with van der Waals surface area (Å²) in [5.74, 6) is -2.82. The van der Waals surface area contributed by atoms with Crippen LogP contribution in [0.4, 0.5) is 4.79 Å². The molecule has 2 aromatic heterocycles. The van der Waals surface area contributed by atoms with Crippen molar-refractivity contribution >= 4 is 35.0 Å². The number of pyridine rings is 1. The van der Waals surface area contributed by atoms with E-state index in [1.165, 1.54) is 7.11 Å². The van der Waals surface area contributed by atoms with Gasteiger partial charge < -0.3 is 40.3 Å². The van der Waals surface area contributed by atoms with Crippen molar-refractivity contribution in [3.8, 4) is 0 Å². The fourth-order valence-electron chi connectivity index (χ4n) is 4.44. The Hall–Kier alpha value is -3.82. The van der Waals surface area contributed by atoms with Crippen molar-refractivity contribution in [2.24, 2.45) is 0 Å². The maximum absolute atomic E-state index is 13.4. The number of aromatic nitrogens is 3. The van der Waals surface area contributed by atoms with Crippen LogP contribution >= 0.6 is 0 Å². The van der Waals surface area contributed by atoms with Crippen molar-refractivity contribution in [2.75, 3.05) is 33.4 Å². The van der Waals surface area contributed by atoms with Crippen LogP contribution in [-0.4, -0.2) is 111 Å². The van der Waals surface area contributed by atoms with Crippen LogP contribution in [0, 0.1) is 6.92 Å². The fraction of sp³-hybridized carbons (Fsp3) is 0.615. The summed E-state index contributed by atoms with van der Waals surface area (Å²) in [5, 5.41) is 35.9. The molecule has 3 atom stereocenters. The number of nitrogens with zero attached hydrogens (tertiary/aromatic N) is 4. The van der Waals surface area contributed by atoms with E-state index in [0.717, 1.165) is 41.8 Å². The van der Waals surface area contributed by atoms with Crippen LogP contribution in [0.15, 0.2) is 12.1 Å². The lowest BCUT2D eigenvalue weighted by molar-refractivity contribution is -0.152. The number of carboxylic acids is 2. The standard InChI is InChI=1S/C22H32N6O4.C4H6O5/c1-14-5-8-17-19(26-27(20(17)25-14)11-4-9-24-22(30)31-3)15(2)28(16-6-7-16)21(29)18-13-23-10-12-32-18;5-2(4(8)9)1-3(6)7/h5,8,15-16,18,23H,4,6-7,9-13H2,1-3H3,(H,24,30);2,5H,1H2,(H,6,7)(H,8,9)/t15-,18-;2-/m10/s1. The Balaban J connectivity index is 0.000000445. The quantitative estimate of drug-likeness (QED) is 0.230. The average Bonchev–Trinajstić information content (AvgIpc) is 3.72. The van der Waals surface area contributed by atoms with Crippen molar-refractivity contribution in [3.05, 3.63) is 23.5 Å². The molecule has 41 heavy (non-hydrogen) atoms. The summed E-state index contributed by atoms with van der Waals surface area (Å²) in [6.07, 6.45) is -0.752. The molecule has 1 aliphatic heterocycles. The molecule has 15 heteroatoms. The highest BCUT2D eigenvalue weighted by molar-refractivity contribution is 5.84. The summed E-state index contributed by atoms with van der Waals surface area (Å²) in [5.41, 5.74) is 2.54. The highest BCUT2D eigenvalue weighted by atomic mass is 16.5. The zero-order valence-corrected chi connectivity index (χ0v) is 23.4. The maximum Gasteiger partial charge on any atom is 0.406 e. The van der Waals surface area contributed by atoms with Crippen molar-refractivity contribution in [2.45, 2.75) is 70.4 Å². The third-order valence-electron chi connectivity index (χ3n) is 6.63. The maximum atomic E-state index is 13.4. The number of methoxy groups -OCH3 is 1. The Morgan fingerprint density at radius 1 is 1.27 bits per heavy atom. The molecule has 2 amide bonds. The number of carboxylic acid groups (broad SMARTS) is 2. The summed E-state index contributed by atoms with van der Waals surface area (Å²) >= 11 is 0. The molecule has 1 aliphatic carbocycles. The van der Waals surface area contributed by atoms with E-state index in [2.05, 4.69) is 15.4 Å². The van der Waals surface area contributed by atoms with E-state index in [4.69, 9.17) is 30.1 Å². The van der Waals surface area contributed by atoms with Gasteiger partial charge in [0.05, 0.1) is 31.9 Å². The predicted octanol–water partition coefficient (Wildman–Crippen LogP) is 0.433. The lowest BCUT2D eigenvalue weighted by Gasteiger charge is -2.33. The van der Waals surface area contributed by atoms with Gasteiger partial charge in [-0.25, -0.2) is 19.3 Å². The number of aliphatic carboxylic acids is 2. The van der Waals surface area contributed by atoms with E-state index < -0.39 is 36.7 Å². The van der Waals surface area contributed by atoms with Crippen LogP contribution in [0.5, 0.6) is 0 Å². The molecule has 226 valence electrons. The summed E-state index contributed by atoms with van der Waals surface area (Å²) < 4.78 is 12.2. The molecule has 0 radical (unpaired) electrons. The van der Waals surface area contributed by atoms with Crippen LogP contribution in [-0.2, 0) is 30.4 Å². The average molecular weight is 579 g/mol. The molecule has 5 N–H and O–H groups in total. The van der Waals surface area contributed by atoms with E-state index in [-0.39, 0.29) is 18.0 Å². The molecular formula is C26H38N6O9. The SMILES string of the molecule is COC(=O)NCCCn1nc([C@@H](C)N(C(=O)[C@H]2CNCCO2)C2CC2)c2ccc(C)nc21.O=C(O)C[C@H](O)C(=O)O. The van der Waals surface area contributed by atoms with Crippen molar-refractivity contribution in [3.63, 3.8) is 0 Å². The molecule has 1 saturated carbocycles. The number of fused-ring (bicyclic) bond motifs is 1. The van der Waals surface area contributed by atoms with E-state index in [1.54, 1.807) is 0 Å². The number of amides is 2.